The molecule has 2 aromatic rings. The molecule has 2 aliphatic heterocycles. The van der Waals surface area contributed by atoms with Crippen molar-refractivity contribution in [3.63, 3.8) is 0 Å². The number of anilines is 2. The Morgan fingerprint density at radius 3 is 2.63 bits per heavy atom. The molecule has 0 radical (unpaired) electrons. The highest BCUT2D eigenvalue weighted by Crippen LogP contribution is 2.41. The Labute approximate surface area is 160 Å². The highest BCUT2D eigenvalue weighted by atomic mass is 35.5. The number of nitrogens with one attached hydrogen (secondary N) is 1. The second-order valence-electron chi connectivity index (χ2n) is 6.19. The maximum atomic E-state index is 11.5. The molecule has 0 amide bonds. The van der Waals surface area contributed by atoms with Gasteiger partial charge in [-0.15, -0.1) is 0 Å². The molecule has 140 valence electrons. The fraction of sp³-hybridized carbons (Fsp3) is 0.278. The molecular formula is C18H17ClN4O4. The minimum atomic E-state index is -1.07. The Bertz CT molecular complexity index is 928. The number of halogens is 1. The molecule has 0 saturated carbocycles. The third-order valence-corrected chi connectivity index (χ3v) is 4.76. The number of benzene rings is 1. The van der Waals surface area contributed by atoms with Crippen molar-refractivity contribution >= 4 is 34.2 Å². The van der Waals surface area contributed by atoms with E-state index in [1.54, 1.807) is 24.3 Å². The van der Waals surface area contributed by atoms with Crippen molar-refractivity contribution in [3.05, 3.63) is 36.0 Å². The molecule has 1 aromatic carbocycles. The molecule has 1 aromatic heterocycles. The number of morpholine rings is 1. The van der Waals surface area contributed by atoms with Gasteiger partial charge in [0.05, 0.1) is 23.9 Å². The average molecular weight is 389 g/mol. The Balaban J connectivity index is 1.90. The first-order valence-corrected chi connectivity index (χ1v) is 8.82. The lowest BCUT2D eigenvalue weighted by atomic mass is 10.0. The lowest BCUT2D eigenvalue weighted by molar-refractivity contribution is -0.136. The lowest BCUT2D eigenvalue weighted by Gasteiger charge is -2.29. The molecule has 3 heterocycles. The number of fused-ring (bicyclic) bond motifs is 1. The first kappa shape index (κ1) is 17.6. The summed E-state index contributed by atoms with van der Waals surface area (Å²) in [7, 11) is 0. The summed E-state index contributed by atoms with van der Waals surface area (Å²) < 4.78 is 5.38. The number of phenolic OH excluding ortho intramolecular Hbond substituents is 1. The number of aromatic hydroxyl groups is 1. The van der Waals surface area contributed by atoms with Crippen LogP contribution in [0.15, 0.2) is 30.3 Å². The zero-order valence-corrected chi connectivity index (χ0v) is 15.0. The van der Waals surface area contributed by atoms with E-state index < -0.39 is 12.0 Å². The van der Waals surface area contributed by atoms with E-state index in [0.717, 1.165) is 0 Å². The SMILES string of the molecule is O=C(O)C1C=C(Cl)c2nc(N3CCOCC3)nc(-c3ccccc3O)c2N1. The number of phenols is 1. The van der Waals surface area contributed by atoms with Crippen LogP contribution in [0.4, 0.5) is 11.6 Å². The van der Waals surface area contributed by atoms with Crippen molar-refractivity contribution in [3.8, 4) is 17.0 Å². The highest BCUT2D eigenvalue weighted by molar-refractivity contribution is 6.49. The van der Waals surface area contributed by atoms with Crippen LogP contribution in [0.2, 0.25) is 0 Å². The molecule has 0 spiro atoms. The molecule has 4 rings (SSSR count). The predicted octanol–water partition coefficient (Wildman–Crippen LogP) is 2.14. The van der Waals surface area contributed by atoms with Crippen molar-refractivity contribution in [1.82, 2.24) is 9.97 Å². The summed E-state index contributed by atoms with van der Waals surface area (Å²) in [5, 5.41) is 22.8. The summed E-state index contributed by atoms with van der Waals surface area (Å²) in [4.78, 5) is 22.6. The van der Waals surface area contributed by atoms with Crippen LogP contribution in [0.25, 0.3) is 16.3 Å². The van der Waals surface area contributed by atoms with Crippen LogP contribution in [-0.2, 0) is 9.53 Å². The number of ether oxygens (including phenoxy) is 1. The van der Waals surface area contributed by atoms with Crippen LogP contribution in [0.3, 0.4) is 0 Å². The standard InChI is InChI=1S/C18H17ClN4O4/c19-11-9-12(17(25)26)20-16-14(10-3-1-2-4-13(10)24)21-18(22-15(11)16)23-5-7-27-8-6-23/h1-4,9,12,20,24H,5-8H2,(H,25,26). The van der Waals surface area contributed by atoms with Gasteiger partial charge in [0.1, 0.15) is 23.2 Å². The molecule has 2 aliphatic rings. The largest absolute Gasteiger partial charge is 0.507 e. The number of para-hydroxylation sites is 1. The number of carboxylic acids is 1. The third kappa shape index (κ3) is 3.29. The second-order valence-corrected chi connectivity index (χ2v) is 6.59. The molecule has 1 unspecified atom stereocenters. The highest BCUT2D eigenvalue weighted by Gasteiger charge is 2.30. The van der Waals surface area contributed by atoms with Gasteiger partial charge in [-0.1, -0.05) is 23.7 Å². The molecule has 1 saturated heterocycles. The molecule has 8 nitrogen and oxygen atoms in total. The van der Waals surface area contributed by atoms with Crippen LogP contribution < -0.4 is 10.2 Å². The van der Waals surface area contributed by atoms with Crippen molar-refractivity contribution in [2.75, 3.05) is 36.5 Å². The van der Waals surface area contributed by atoms with Gasteiger partial charge in [0.2, 0.25) is 5.95 Å². The van der Waals surface area contributed by atoms with Crippen molar-refractivity contribution in [2.45, 2.75) is 6.04 Å². The van der Waals surface area contributed by atoms with Crippen LogP contribution in [0.1, 0.15) is 5.69 Å². The summed E-state index contributed by atoms with van der Waals surface area (Å²) in [6.45, 7) is 2.39. The molecule has 9 heteroatoms. The number of aromatic nitrogens is 2. The van der Waals surface area contributed by atoms with Gasteiger partial charge in [-0.05, 0) is 18.2 Å². The maximum absolute atomic E-state index is 11.5. The maximum Gasteiger partial charge on any atom is 0.330 e. The van der Waals surface area contributed by atoms with Gasteiger partial charge in [-0.2, -0.15) is 0 Å². The molecule has 1 atom stereocenters. The van der Waals surface area contributed by atoms with Crippen molar-refractivity contribution in [2.24, 2.45) is 0 Å². The molecule has 0 aliphatic carbocycles. The monoisotopic (exact) mass is 388 g/mol. The van der Waals surface area contributed by atoms with Crippen molar-refractivity contribution in [1.29, 1.82) is 0 Å². The topological polar surface area (TPSA) is 108 Å². The van der Waals surface area contributed by atoms with Gasteiger partial charge in [0.15, 0.2) is 0 Å². The van der Waals surface area contributed by atoms with E-state index in [1.165, 1.54) is 6.08 Å². The Morgan fingerprint density at radius 2 is 1.93 bits per heavy atom. The summed E-state index contributed by atoms with van der Waals surface area (Å²) in [5.74, 6) is -0.581. The van der Waals surface area contributed by atoms with Gasteiger partial charge in [0.25, 0.3) is 0 Å². The van der Waals surface area contributed by atoms with Crippen LogP contribution in [-0.4, -0.2) is 58.5 Å². The zero-order valence-electron chi connectivity index (χ0n) is 14.2. The number of nitrogens with zero attached hydrogens (tertiary/aromatic N) is 3. The van der Waals surface area contributed by atoms with Crippen LogP contribution in [0.5, 0.6) is 5.75 Å². The minimum Gasteiger partial charge on any atom is -0.507 e. The summed E-state index contributed by atoms with van der Waals surface area (Å²) in [6.07, 6.45) is 1.40. The summed E-state index contributed by atoms with van der Waals surface area (Å²) in [6, 6.07) is 5.73. The molecule has 3 N–H and O–H groups in total. The van der Waals surface area contributed by atoms with E-state index in [1.807, 2.05) is 4.90 Å². The Morgan fingerprint density at radius 1 is 1.22 bits per heavy atom. The number of hydrogen-bond acceptors (Lipinski definition) is 7. The van der Waals surface area contributed by atoms with E-state index in [2.05, 4.69) is 15.3 Å². The quantitative estimate of drug-likeness (QED) is 0.734. The molecule has 1 fully saturated rings. The van der Waals surface area contributed by atoms with Gasteiger partial charge >= 0.3 is 5.97 Å². The van der Waals surface area contributed by atoms with Gasteiger partial charge < -0.3 is 25.2 Å². The fourth-order valence-electron chi connectivity index (χ4n) is 3.09. The Kier molecular flexibility index (Phi) is 4.59. The summed E-state index contributed by atoms with van der Waals surface area (Å²) >= 11 is 6.36. The second kappa shape index (κ2) is 7.05. The fourth-order valence-corrected chi connectivity index (χ4v) is 3.35. The lowest BCUT2D eigenvalue weighted by Crippen LogP contribution is -2.38. The number of hydrogen-bond donors (Lipinski definition) is 3. The molecule has 27 heavy (non-hydrogen) atoms. The summed E-state index contributed by atoms with van der Waals surface area (Å²) in [5.41, 5.74) is 1.66. The van der Waals surface area contributed by atoms with Gasteiger partial charge in [-0.25, -0.2) is 14.8 Å². The first-order chi connectivity index (χ1) is 13.0. The van der Waals surface area contributed by atoms with Crippen molar-refractivity contribution < 1.29 is 19.7 Å². The number of carbonyl (C=O) groups is 1. The first-order valence-electron chi connectivity index (χ1n) is 8.44. The normalized spacial score (nSPS) is 19.1. The van der Waals surface area contributed by atoms with E-state index in [0.29, 0.717) is 54.9 Å². The van der Waals surface area contributed by atoms with Gasteiger partial charge in [0, 0.05) is 18.7 Å². The van der Waals surface area contributed by atoms with E-state index >= 15 is 0 Å². The third-order valence-electron chi connectivity index (χ3n) is 4.46. The smallest absolute Gasteiger partial charge is 0.330 e. The average Bonchev–Trinajstić information content (AvgIpc) is 2.68. The predicted molar refractivity (Wildman–Crippen MR) is 101 cm³/mol. The van der Waals surface area contributed by atoms with E-state index in [9.17, 15) is 15.0 Å². The number of aliphatic carboxylic acids is 1. The number of rotatable bonds is 3. The van der Waals surface area contributed by atoms with E-state index in [4.69, 9.17) is 16.3 Å². The van der Waals surface area contributed by atoms with Gasteiger partial charge in [-0.3, -0.25) is 0 Å². The zero-order chi connectivity index (χ0) is 19.0. The number of carboxylic acid groups (broad SMARTS) is 1. The molecular weight excluding hydrogens is 372 g/mol. The van der Waals surface area contributed by atoms with E-state index in [-0.39, 0.29) is 10.8 Å². The Hall–Kier alpha value is -2.84. The minimum absolute atomic E-state index is 0.0330. The molecule has 0 bridgehead atoms. The van der Waals surface area contributed by atoms with Crippen LogP contribution in [0, 0.1) is 0 Å². The van der Waals surface area contributed by atoms with Crippen LogP contribution >= 0.6 is 11.6 Å².